The maximum Gasteiger partial charge on any atom is 0.287 e. The van der Waals surface area contributed by atoms with E-state index in [9.17, 15) is 9.59 Å². The fraction of sp³-hybridized carbons (Fsp3) is 0.0833. The third kappa shape index (κ3) is 4.33. The van der Waals surface area contributed by atoms with Gasteiger partial charge >= 0.3 is 0 Å². The number of nitrogens with one attached hydrogen (secondary N) is 1. The van der Waals surface area contributed by atoms with Crippen molar-refractivity contribution in [1.29, 1.82) is 0 Å². The lowest BCUT2D eigenvalue weighted by Gasteiger charge is -2.14. The number of nitrogens with two attached hydrogens (primary N) is 1. The van der Waals surface area contributed by atoms with Gasteiger partial charge in [0.25, 0.3) is 5.91 Å². The van der Waals surface area contributed by atoms with Crippen LogP contribution in [0.25, 0.3) is 10.8 Å². The number of carbonyl (C=O) groups excluding carboxylic acids is 2. The first-order valence-corrected chi connectivity index (χ1v) is 9.45. The number of hydrogen-bond donors (Lipinski definition) is 2. The van der Waals surface area contributed by atoms with Crippen LogP contribution in [0.5, 0.6) is 5.75 Å². The molecule has 6 heteroatoms. The van der Waals surface area contributed by atoms with Gasteiger partial charge in [-0.2, -0.15) is 0 Å². The molecule has 0 saturated carbocycles. The maximum atomic E-state index is 12.5. The van der Waals surface area contributed by atoms with Crippen molar-refractivity contribution in [3.05, 3.63) is 102 Å². The second kappa shape index (κ2) is 8.53. The molecule has 0 fully saturated rings. The summed E-state index contributed by atoms with van der Waals surface area (Å²) in [5.41, 5.74) is 6.05. The third-order valence-corrected chi connectivity index (χ3v) is 4.68. The SMILES string of the molecule is NC(=O)C(NC(=O)c1ccc(COc2ccc3ccccc3c2)o1)c1ccccc1. The molecule has 0 aliphatic heterocycles. The number of fused-ring (bicyclic) bond motifs is 1. The van der Waals surface area contributed by atoms with Crippen LogP contribution in [0, 0.1) is 0 Å². The molecule has 0 aliphatic carbocycles. The Hall–Kier alpha value is -4.06. The molecule has 6 nitrogen and oxygen atoms in total. The number of rotatable bonds is 7. The Kier molecular flexibility index (Phi) is 5.48. The highest BCUT2D eigenvalue weighted by Crippen LogP contribution is 2.22. The summed E-state index contributed by atoms with van der Waals surface area (Å²) in [7, 11) is 0. The molecule has 0 spiro atoms. The van der Waals surface area contributed by atoms with Crippen molar-refractivity contribution < 1.29 is 18.7 Å². The monoisotopic (exact) mass is 400 g/mol. The highest BCUT2D eigenvalue weighted by molar-refractivity contribution is 5.95. The minimum atomic E-state index is -0.943. The van der Waals surface area contributed by atoms with Crippen LogP contribution >= 0.6 is 0 Å². The van der Waals surface area contributed by atoms with Crippen LogP contribution in [0.1, 0.15) is 27.9 Å². The van der Waals surface area contributed by atoms with Crippen LogP contribution in [0.4, 0.5) is 0 Å². The molecule has 3 N–H and O–H groups in total. The molecule has 30 heavy (non-hydrogen) atoms. The van der Waals surface area contributed by atoms with Gasteiger partial charge < -0.3 is 20.2 Å². The van der Waals surface area contributed by atoms with E-state index < -0.39 is 17.9 Å². The van der Waals surface area contributed by atoms with E-state index in [-0.39, 0.29) is 12.4 Å². The first-order chi connectivity index (χ1) is 14.6. The second-order valence-corrected chi connectivity index (χ2v) is 6.78. The number of furan rings is 1. The normalized spacial score (nSPS) is 11.7. The maximum absolute atomic E-state index is 12.5. The molecule has 4 aromatic rings. The standard InChI is InChI=1S/C24H20N2O4/c25-23(27)22(17-7-2-1-3-8-17)26-24(28)21-13-12-20(30-21)15-29-19-11-10-16-6-4-5-9-18(16)14-19/h1-14,22H,15H2,(H2,25,27)(H,26,28). The fourth-order valence-electron chi connectivity index (χ4n) is 3.16. The molecule has 1 atom stereocenters. The third-order valence-electron chi connectivity index (χ3n) is 4.68. The van der Waals surface area contributed by atoms with E-state index in [1.54, 1.807) is 30.3 Å². The Labute approximate surface area is 173 Å². The van der Waals surface area contributed by atoms with Gasteiger partial charge in [-0.1, -0.05) is 60.7 Å². The Morgan fingerprint density at radius 2 is 1.63 bits per heavy atom. The molecule has 0 bridgehead atoms. The molecular weight excluding hydrogens is 380 g/mol. The van der Waals surface area contributed by atoms with Gasteiger partial charge in [0.2, 0.25) is 5.91 Å². The van der Waals surface area contributed by atoms with Crippen LogP contribution < -0.4 is 15.8 Å². The molecule has 4 rings (SSSR count). The van der Waals surface area contributed by atoms with E-state index in [4.69, 9.17) is 14.9 Å². The minimum Gasteiger partial charge on any atom is -0.486 e. The molecular formula is C24H20N2O4. The zero-order valence-electron chi connectivity index (χ0n) is 16.1. The number of benzene rings is 3. The Morgan fingerprint density at radius 1 is 0.900 bits per heavy atom. The van der Waals surface area contributed by atoms with Crippen molar-refractivity contribution in [2.45, 2.75) is 12.6 Å². The Balaban J connectivity index is 1.41. The Bertz CT molecular complexity index is 1180. The van der Waals surface area contributed by atoms with Gasteiger partial charge in [-0.3, -0.25) is 9.59 Å². The van der Waals surface area contributed by atoms with Gasteiger partial charge in [0, 0.05) is 0 Å². The van der Waals surface area contributed by atoms with Gasteiger partial charge in [0.15, 0.2) is 5.76 Å². The fourth-order valence-corrected chi connectivity index (χ4v) is 3.16. The quantitative estimate of drug-likeness (QED) is 0.491. The van der Waals surface area contributed by atoms with Crippen molar-refractivity contribution in [3.8, 4) is 5.75 Å². The number of ether oxygens (including phenoxy) is 1. The van der Waals surface area contributed by atoms with E-state index >= 15 is 0 Å². The first-order valence-electron chi connectivity index (χ1n) is 9.45. The molecule has 0 radical (unpaired) electrons. The van der Waals surface area contributed by atoms with Crippen LogP contribution in [-0.4, -0.2) is 11.8 Å². The van der Waals surface area contributed by atoms with Crippen molar-refractivity contribution >= 4 is 22.6 Å². The molecule has 0 aliphatic rings. The lowest BCUT2D eigenvalue weighted by molar-refractivity contribution is -0.120. The predicted octanol–water partition coefficient (Wildman–Crippen LogP) is 3.97. The average molecular weight is 400 g/mol. The summed E-state index contributed by atoms with van der Waals surface area (Å²) in [5, 5.41) is 4.81. The summed E-state index contributed by atoms with van der Waals surface area (Å²) in [6.07, 6.45) is 0. The van der Waals surface area contributed by atoms with Crippen LogP contribution in [0.15, 0.2) is 89.3 Å². The van der Waals surface area contributed by atoms with Crippen molar-refractivity contribution in [1.82, 2.24) is 5.32 Å². The Morgan fingerprint density at radius 3 is 2.40 bits per heavy atom. The number of hydrogen-bond acceptors (Lipinski definition) is 4. The molecule has 1 heterocycles. The summed E-state index contributed by atoms with van der Waals surface area (Å²) in [6.45, 7) is 0.170. The largest absolute Gasteiger partial charge is 0.486 e. The molecule has 150 valence electrons. The second-order valence-electron chi connectivity index (χ2n) is 6.78. The molecule has 0 saturated heterocycles. The van der Waals surface area contributed by atoms with Crippen LogP contribution in [-0.2, 0) is 11.4 Å². The number of amides is 2. The van der Waals surface area contributed by atoms with E-state index in [1.165, 1.54) is 6.07 Å². The van der Waals surface area contributed by atoms with E-state index in [0.717, 1.165) is 10.8 Å². The molecule has 3 aromatic carbocycles. The smallest absolute Gasteiger partial charge is 0.287 e. The average Bonchev–Trinajstić information content (AvgIpc) is 3.25. The van der Waals surface area contributed by atoms with Gasteiger partial charge in [-0.05, 0) is 40.6 Å². The van der Waals surface area contributed by atoms with Gasteiger partial charge in [0.05, 0.1) is 0 Å². The van der Waals surface area contributed by atoms with E-state index in [1.807, 2.05) is 48.5 Å². The van der Waals surface area contributed by atoms with Crippen molar-refractivity contribution in [3.63, 3.8) is 0 Å². The highest BCUT2D eigenvalue weighted by Gasteiger charge is 2.22. The predicted molar refractivity (Wildman–Crippen MR) is 113 cm³/mol. The molecule has 2 amide bonds. The summed E-state index contributed by atoms with van der Waals surface area (Å²) in [5.74, 6) is 0.0903. The topological polar surface area (TPSA) is 94.6 Å². The van der Waals surface area contributed by atoms with E-state index in [0.29, 0.717) is 17.1 Å². The zero-order chi connectivity index (χ0) is 20.9. The first kappa shape index (κ1) is 19.3. The van der Waals surface area contributed by atoms with E-state index in [2.05, 4.69) is 5.32 Å². The number of carbonyl (C=O) groups is 2. The lowest BCUT2D eigenvalue weighted by atomic mass is 10.1. The van der Waals surface area contributed by atoms with Crippen LogP contribution in [0.3, 0.4) is 0 Å². The minimum absolute atomic E-state index is 0.0780. The summed E-state index contributed by atoms with van der Waals surface area (Å²) in [4.78, 5) is 24.3. The van der Waals surface area contributed by atoms with Gasteiger partial charge in [-0.15, -0.1) is 0 Å². The molecule has 1 unspecified atom stereocenters. The van der Waals surface area contributed by atoms with Crippen molar-refractivity contribution in [2.75, 3.05) is 0 Å². The lowest BCUT2D eigenvalue weighted by Crippen LogP contribution is -2.37. The summed E-state index contributed by atoms with van der Waals surface area (Å²) in [6, 6.07) is 24.9. The summed E-state index contributed by atoms with van der Waals surface area (Å²) < 4.78 is 11.4. The van der Waals surface area contributed by atoms with Gasteiger partial charge in [0.1, 0.15) is 24.2 Å². The number of primary amides is 1. The van der Waals surface area contributed by atoms with Crippen LogP contribution in [0.2, 0.25) is 0 Å². The van der Waals surface area contributed by atoms with Crippen molar-refractivity contribution in [2.24, 2.45) is 5.73 Å². The molecule has 1 aromatic heterocycles. The zero-order valence-corrected chi connectivity index (χ0v) is 16.1. The summed E-state index contributed by atoms with van der Waals surface area (Å²) >= 11 is 0. The highest BCUT2D eigenvalue weighted by atomic mass is 16.5. The van der Waals surface area contributed by atoms with Gasteiger partial charge in [-0.25, -0.2) is 0 Å².